The Morgan fingerprint density at radius 1 is 1.24 bits per heavy atom. The summed E-state index contributed by atoms with van der Waals surface area (Å²) in [5, 5.41) is 3.23. The molecule has 2 heterocycles. The van der Waals surface area contributed by atoms with Crippen LogP contribution in [0.25, 0.3) is 0 Å². The topological polar surface area (TPSA) is 38.3 Å². The number of carbonyl (C=O) groups excluding carboxylic acids is 1. The molecule has 0 aromatic rings. The largest absolute Gasteiger partial charge is 0.375 e. The van der Waals surface area contributed by atoms with Gasteiger partial charge in [0.15, 0.2) is 0 Å². The first-order valence-electron chi connectivity index (χ1n) is 6.80. The molecule has 1 atom stereocenters. The fourth-order valence-electron chi connectivity index (χ4n) is 2.91. The Morgan fingerprint density at radius 3 is 2.71 bits per heavy atom. The fourth-order valence-corrected chi connectivity index (χ4v) is 4.14. The molecule has 0 radical (unpaired) electrons. The smallest absolute Gasteiger partial charge is 0.223 e. The van der Waals surface area contributed by atoms with Crippen molar-refractivity contribution < 1.29 is 9.53 Å². The molecule has 2 saturated heterocycles. The molecule has 96 valence electrons. The van der Waals surface area contributed by atoms with E-state index in [0.717, 1.165) is 45.1 Å². The number of rotatable bonds is 2. The lowest BCUT2D eigenvalue weighted by atomic mass is 9.85. The summed E-state index contributed by atoms with van der Waals surface area (Å²) >= 11 is 2.03. The Kier molecular flexibility index (Phi) is 3.35. The SMILES string of the molecule is O=C(NC1CCOC2(CCSCC2)C1)C1CC1. The maximum atomic E-state index is 11.8. The van der Waals surface area contributed by atoms with E-state index in [9.17, 15) is 4.79 Å². The van der Waals surface area contributed by atoms with Crippen LogP contribution in [0.4, 0.5) is 0 Å². The van der Waals surface area contributed by atoms with E-state index in [-0.39, 0.29) is 11.5 Å². The molecule has 0 bridgehead atoms. The van der Waals surface area contributed by atoms with Crippen LogP contribution in [0.5, 0.6) is 0 Å². The van der Waals surface area contributed by atoms with Crippen LogP contribution in [-0.2, 0) is 9.53 Å². The Morgan fingerprint density at radius 2 is 2.00 bits per heavy atom. The van der Waals surface area contributed by atoms with Crippen molar-refractivity contribution in [3.8, 4) is 0 Å². The predicted octanol–water partition coefficient (Wildman–Crippen LogP) is 1.96. The summed E-state index contributed by atoms with van der Waals surface area (Å²) in [6, 6.07) is 0.361. The highest BCUT2D eigenvalue weighted by molar-refractivity contribution is 7.99. The molecule has 3 nitrogen and oxygen atoms in total. The number of carbonyl (C=O) groups is 1. The minimum Gasteiger partial charge on any atom is -0.375 e. The highest BCUT2D eigenvalue weighted by Gasteiger charge is 2.40. The van der Waals surface area contributed by atoms with E-state index in [2.05, 4.69) is 5.32 Å². The van der Waals surface area contributed by atoms with Crippen LogP contribution >= 0.6 is 11.8 Å². The van der Waals surface area contributed by atoms with Crippen LogP contribution in [0.2, 0.25) is 0 Å². The van der Waals surface area contributed by atoms with Gasteiger partial charge in [-0.25, -0.2) is 0 Å². The van der Waals surface area contributed by atoms with E-state index < -0.39 is 0 Å². The van der Waals surface area contributed by atoms with Crippen LogP contribution in [0.3, 0.4) is 0 Å². The minimum atomic E-state index is 0.0883. The highest BCUT2D eigenvalue weighted by atomic mass is 32.2. The Labute approximate surface area is 107 Å². The lowest BCUT2D eigenvalue weighted by molar-refractivity contribution is -0.127. The summed E-state index contributed by atoms with van der Waals surface area (Å²) in [7, 11) is 0. The van der Waals surface area contributed by atoms with Crippen molar-refractivity contribution in [2.75, 3.05) is 18.1 Å². The molecule has 17 heavy (non-hydrogen) atoms. The number of hydrogen-bond acceptors (Lipinski definition) is 3. The fraction of sp³-hybridized carbons (Fsp3) is 0.923. The third-order valence-electron chi connectivity index (χ3n) is 4.19. The van der Waals surface area contributed by atoms with E-state index >= 15 is 0 Å². The van der Waals surface area contributed by atoms with Gasteiger partial charge in [0.1, 0.15) is 0 Å². The molecule has 1 N–H and O–H groups in total. The van der Waals surface area contributed by atoms with Gasteiger partial charge in [0.2, 0.25) is 5.91 Å². The average molecular weight is 255 g/mol. The van der Waals surface area contributed by atoms with Crippen LogP contribution in [0, 0.1) is 5.92 Å². The number of nitrogens with one attached hydrogen (secondary N) is 1. The normalized spacial score (nSPS) is 32.4. The van der Waals surface area contributed by atoms with Gasteiger partial charge in [0.05, 0.1) is 5.60 Å². The number of ether oxygens (including phenoxy) is 1. The van der Waals surface area contributed by atoms with Crippen molar-refractivity contribution in [2.45, 2.75) is 50.2 Å². The summed E-state index contributed by atoms with van der Waals surface area (Å²) < 4.78 is 6.03. The quantitative estimate of drug-likeness (QED) is 0.819. The van der Waals surface area contributed by atoms with E-state index in [0.29, 0.717) is 12.0 Å². The zero-order valence-corrected chi connectivity index (χ0v) is 11.1. The van der Waals surface area contributed by atoms with Crippen LogP contribution in [0.1, 0.15) is 38.5 Å². The third kappa shape index (κ3) is 2.79. The monoisotopic (exact) mass is 255 g/mol. The predicted molar refractivity (Wildman–Crippen MR) is 69.1 cm³/mol. The number of thioether (sulfide) groups is 1. The molecule has 0 aromatic heterocycles. The summed E-state index contributed by atoms with van der Waals surface area (Å²) in [6.07, 6.45) is 6.54. The molecular formula is C13H21NO2S. The van der Waals surface area contributed by atoms with Gasteiger partial charge in [-0.3, -0.25) is 4.79 Å². The lowest BCUT2D eigenvalue weighted by Crippen LogP contribution is -2.50. The van der Waals surface area contributed by atoms with Gasteiger partial charge >= 0.3 is 0 Å². The van der Waals surface area contributed by atoms with Gasteiger partial charge in [-0.2, -0.15) is 11.8 Å². The van der Waals surface area contributed by atoms with Gasteiger partial charge in [-0.15, -0.1) is 0 Å². The molecular weight excluding hydrogens is 234 g/mol. The van der Waals surface area contributed by atoms with Crippen LogP contribution in [-0.4, -0.2) is 35.7 Å². The number of amides is 1. The first kappa shape index (κ1) is 11.8. The molecule has 2 aliphatic heterocycles. The zero-order chi connectivity index (χ0) is 11.7. The van der Waals surface area contributed by atoms with Crippen molar-refractivity contribution >= 4 is 17.7 Å². The Hall–Kier alpha value is -0.220. The van der Waals surface area contributed by atoms with Gasteiger partial charge in [-0.1, -0.05) is 0 Å². The average Bonchev–Trinajstić information content (AvgIpc) is 3.14. The summed E-state index contributed by atoms with van der Waals surface area (Å²) in [6.45, 7) is 0.820. The first-order valence-corrected chi connectivity index (χ1v) is 7.95. The van der Waals surface area contributed by atoms with E-state index in [1.54, 1.807) is 0 Å². The Bertz CT molecular complexity index is 292. The van der Waals surface area contributed by atoms with Crippen molar-refractivity contribution in [3.05, 3.63) is 0 Å². The van der Waals surface area contributed by atoms with Crippen molar-refractivity contribution in [3.63, 3.8) is 0 Å². The second-order valence-corrected chi connectivity index (χ2v) is 6.84. The molecule has 3 rings (SSSR count). The molecule has 1 amide bonds. The van der Waals surface area contributed by atoms with Crippen molar-refractivity contribution in [1.82, 2.24) is 5.32 Å². The maximum Gasteiger partial charge on any atom is 0.223 e. The van der Waals surface area contributed by atoms with Crippen molar-refractivity contribution in [1.29, 1.82) is 0 Å². The highest BCUT2D eigenvalue weighted by Crippen LogP contribution is 2.38. The van der Waals surface area contributed by atoms with Gasteiger partial charge in [0, 0.05) is 18.6 Å². The molecule has 1 unspecified atom stereocenters. The third-order valence-corrected chi connectivity index (χ3v) is 5.18. The first-order chi connectivity index (χ1) is 8.27. The Balaban J connectivity index is 1.56. The van der Waals surface area contributed by atoms with Gasteiger partial charge in [0.25, 0.3) is 0 Å². The summed E-state index contributed by atoms with van der Waals surface area (Å²) in [5.41, 5.74) is 0.0883. The molecule has 4 heteroatoms. The van der Waals surface area contributed by atoms with Crippen LogP contribution < -0.4 is 5.32 Å². The van der Waals surface area contributed by atoms with Crippen molar-refractivity contribution in [2.24, 2.45) is 5.92 Å². The molecule has 3 aliphatic rings. The standard InChI is InChI=1S/C13H21NO2S/c15-12(10-1-2-10)14-11-3-6-16-13(9-11)4-7-17-8-5-13/h10-11H,1-9H2,(H,14,15). The minimum absolute atomic E-state index is 0.0883. The molecule has 0 aromatic carbocycles. The summed E-state index contributed by atoms with van der Waals surface area (Å²) in [5.74, 6) is 3.04. The lowest BCUT2D eigenvalue weighted by Gasteiger charge is -2.43. The van der Waals surface area contributed by atoms with Gasteiger partial charge in [-0.05, 0) is 50.0 Å². The van der Waals surface area contributed by atoms with Crippen LogP contribution in [0.15, 0.2) is 0 Å². The van der Waals surface area contributed by atoms with Gasteiger partial charge < -0.3 is 10.1 Å². The van der Waals surface area contributed by atoms with E-state index in [1.807, 2.05) is 11.8 Å². The second kappa shape index (κ2) is 4.81. The van der Waals surface area contributed by atoms with E-state index in [4.69, 9.17) is 4.74 Å². The molecule has 1 saturated carbocycles. The maximum absolute atomic E-state index is 11.8. The second-order valence-electron chi connectivity index (χ2n) is 5.62. The number of hydrogen-bond donors (Lipinski definition) is 1. The molecule has 1 spiro atoms. The zero-order valence-electron chi connectivity index (χ0n) is 10.2. The molecule has 1 aliphatic carbocycles. The molecule has 3 fully saturated rings. The van der Waals surface area contributed by atoms with E-state index in [1.165, 1.54) is 11.5 Å². The summed E-state index contributed by atoms with van der Waals surface area (Å²) in [4.78, 5) is 11.8.